The zero-order valence-corrected chi connectivity index (χ0v) is 14.4. The number of ether oxygens (including phenoxy) is 1. The molecule has 138 valence electrons. The summed E-state index contributed by atoms with van der Waals surface area (Å²) in [6.45, 7) is 1.57. The van der Waals surface area contributed by atoms with Gasteiger partial charge in [-0.2, -0.15) is 0 Å². The Morgan fingerprint density at radius 3 is 2.52 bits per heavy atom. The number of benzene rings is 1. The molecule has 1 aliphatic rings. The minimum absolute atomic E-state index is 0.0522. The highest BCUT2D eigenvalue weighted by Gasteiger charge is 2.29. The highest BCUT2D eigenvalue weighted by molar-refractivity contribution is 5.94. The van der Waals surface area contributed by atoms with Crippen molar-refractivity contribution in [2.45, 2.75) is 31.7 Å². The van der Waals surface area contributed by atoms with Crippen LogP contribution in [0.1, 0.15) is 36.0 Å². The summed E-state index contributed by atoms with van der Waals surface area (Å²) in [5.41, 5.74) is 0.418. The number of carboxylic acid groups (broad SMARTS) is 1. The van der Waals surface area contributed by atoms with E-state index >= 15 is 0 Å². The molecule has 1 aromatic rings. The average molecular weight is 352 g/mol. The van der Waals surface area contributed by atoms with Gasteiger partial charge in [-0.05, 0) is 55.9 Å². The molecule has 0 unspecified atom stereocenters. The summed E-state index contributed by atoms with van der Waals surface area (Å²) in [5.74, 6) is -0.394. The number of nitrogens with zero attached hydrogens (tertiary/aromatic N) is 1. The lowest BCUT2D eigenvalue weighted by Gasteiger charge is -2.35. The maximum Gasteiger partial charge on any atom is 0.407 e. The SMILES string of the molecule is COCCC[C@@H](NC(=O)c1ccc(F)cc1)C1CCN(C(=O)O)CC1. The number of methoxy groups -OCH3 is 1. The molecule has 0 bridgehead atoms. The minimum Gasteiger partial charge on any atom is -0.465 e. The number of hydrogen-bond acceptors (Lipinski definition) is 3. The van der Waals surface area contributed by atoms with Gasteiger partial charge >= 0.3 is 6.09 Å². The smallest absolute Gasteiger partial charge is 0.407 e. The second-order valence-corrected chi connectivity index (χ2v) is 6.33. The fourth-order valence-corrected chi connectivity index (χ4v) is 3.22. The Labute approximate surface area is 147 Å². The van der Waals surface area contributed by atoms with E-state index < -0.39 is 6.09 Å². The molecule has 1 aliphatic heterocycles. The summed E-state index contributed by atoms with van der Waals surface area (Å²) in [6, 6.07) is 5.40. The van der Waals surface area contributed by atoms with Gasteiger partial charge in [0, 0.05) is 38.4 Å². The van der Waals surface area contributed by atoms with Crippen molar-refractivity contribution in [3.63, 3.8) is 0 Å². The number of rotatable bonds is 7. The van der Waals surface area contributed by atoms with Crippen molar-refractivity contribution >= 4 is 12.0 Å². The molecule has 2 amide bonds. The zero-order valence-electron chi connectivity index (χ0n) is 14.4. The Bertz CT molecular complexity index is 571. The largest absolute Gasteiger partial charge is 0.465 e. The van der Waals surface area contributed by atoms with Gasteiger partial charge in [-0.25, -0.2) is 9.18 Å². The molecule has 0 aromatic heterocycles. The van der Waals surface area contributed by atoms with Crippen LogP contribution in [0.3, 0.4) is 0 Å². The molecule has 2 rings (SSSR count). The van der Waals surface area contributed by atoms with E-state index in [-0.39, 0.29) is 23.7 Å². The molecular weight excluding hydrogens is 327 g/mol. The van der Waals surface area contributed by atoms with E-state index in [0.29, 0.717) is 38.1 Å². The molecule has 1 fully saturated rings. The lowest BCUT2D eigenvalue weighted by atomic mass is 9.86. The lowest BCUT2D eigenvalue weighted by Crippen LogP contribution is -2.46. The molecule has 1 aromatic carbocycles. The molecule has 25 heavy (non-hydrogen) atoms. The van der Waals surface area contributed by atoms with E-state index in [9.17, 15) is 14.0 Å². The Balaban J connectivity index is 1.98. The van der Waals surface area contributed by atoms with E-state index in [2.05, 4.69) is 5.32 Å². The zero-order chi connectivity index (χ0) is 18.2. The molecule has 6 nitrogen and oxygen atoms in total. The van der Waals surface area contributed by atoms with Crippen LogP contribution in [0.2, 0.25) is 0 Å². The number of hydrogen-bond donors (Lipinski definition) is 2. The van der Waals surface area contributed by atoms with Gasteiger partial charge in [0.25, 0.3) is 5.91 Å². The van der Waals surface area contributed by atoms with Gasteiger partial charge < -0.3 is 20.1 Å². The van der Waals surface area contributed by atoms with Gasteiger partial charge in [-0.1, -0.05) is 0 Å². The number of carbonyl (C=O) groups is 2. The van der Waals surface area contributed by atoms with Gasteiger partial charge in [0.1, 0.15) is 5.82 Å². The molecule has 7 heteroatoms. The summed E-state index contributed by atoms with van der Waals surface area (Å²) >= 11 is 0. The monoisotopic (exact) mass is 352 g/mol. The van der Waals surface area contributed by atoms with Crippen LogP contribution in [0.4, 0.5) is 9.18 Å². The van der Waals surface area contributed by atoms with Crippen molar-refractivity contribution in [1.29, 1.82) is 0 Å². The molecule has 0 aliphatic carbocycles. The van der Waals surface area contributed by atoms with Crippen LogP contribution in [-0.4, -0.2) is 54.9 Å². The highest BCUT2D eigenvalue weighted by Crippen LogP contribution is 2.24. The number of amides is 2. The predicted molar refractivity (Wildman–Crippen MR) is 91.1 cm³/mol. The van der Waals surface area contributed by atoms with Gasteiger partial charge in [-0.3, -0.25) is 4.79 Å². The number of halogens is 1. The summed E-state index contributed by atoms with van der Waals surface area (Å²) in [4.78, 5) is 24.9. The van der Waals surface area contributed by atoms with Crippen LogP contribution in [0.25, 0.3) is 0 Å². The van der Waals surface area contributed by atoms with Gasteiger partial charge in [0.2, 0.25) is 0 Å². The molecule has 1 heterocycles. The second-order valence-electron chi connectivity index (χ2n) is 6.33. The fraction of sp³-hybridized carbons (Fsp3) is 0.556. The second kappa shape index (κ2) is 9.36. The van der Waals surface area contributed by atoms with E-state index in [0.717, 1.165) is 12.8 Å². The molecule has 2 N–H and O–H groups in total. The molecule has 0 spiro atoms. The van der Waals surface area contributed by atoms with Crippen molar-refractivity contribution in [2.75, 3.05) is 26.8 Å². The van der Waals surface area contributed by atoms with Crippen molar-refractivity contribution in [3.8, 4) is 0 Å². The first-order valence-electron chi connectivity index (χ1n) is 8.54. The third-order valence-electron chi connectivity index (χ3n) is 4.67. The Morgan fingerprint density at radius 2 is 1.96 bits per heavy atom. The quantitative estimate of drug-likeness (QED) is 0.740. The summed E-state index contributed by atoms with van der Waals surface area (Å²) < 4.78 is 18.1. The number of likely N-dealkylation sites (tertiary alicyclic amines) is 1. The Hall–Kier alpha value is -2.15. The third kappa shape index (κ3) is 5.70. The predicted octanol–water partition coefficient (Wildman–Crippen LogP) is 2.74. The number of carbonyl (C=O) groups excluding carboxylic acids is 1. The Morgan fingerprint density at radius 1 is 1.32 bits per heavy atom. The topological polar surface area (TPSA) is 78.9 Å². The van der Waals surface area contributed by atoms with Crippen LogP contribution in [-0.2, 0) is 4.74 Å². The summed E-state index contributed by atoms with van der Waals surface area (Å²) in [7, 11) is 1.64. The van der Waals surface area contributed by atoms with Gasteiger partial charge in [0.05, 0.1) is 0 Å². The molecular formula is C18H25FN2O4. The van der Waals surface area contributed by atoms with Gasteiger partial charge in [0.15, 0.2) is 0 Å². The first-order valence-corrected chi connectivity index (χ1v) is 8.54. The van der Waals surface area contributed by atoms with Crippen molar-refractivity contribution in [1.82, 2.24) is 10.2 Å². The van der Waals surface area contributed by atoms with Crippen LogP contribution in [0.5, 0.6) is 0 Å². The summed E-state index contributed by atoms with van der Waals surface area (Å²) in [6.07, 6.45) is 2.11. The third-order valence-corrected chi connectivity index (χ3v) is 4.67. The van der Waals surface area contributed by atoms with Crippen LogP contribution < -0.4 is 5.32 Å². The van der Waals surface area contributed by atoms with Gasteiger partial charge in [-0.15, -0.1) is 0 Å². The van der Waals surface area contributed by atoms with E-state index in [1.165, 1.54) is 29.2 Å². The molecule has 0 saturated carbocycles. The maximum atomic E-state index is 13.0. The molecule has 1 saturated heterocycles. The van der Waals surface area contributed by atoms with E-state index in [4.69, 9.17) is 9.84 Å². The van der Waals surface area contributed by atoms with Crippen molar-refractivity contribution in [2.24, 2.45) is 5.92 Å². The number of piperidine rings is 1. The van der Waals surface area contributed by atoms with E-state index in [1.807, 2.05) is 0 Å². The van der Waals surface area contributed by atoms with Crippen molar-refractivity contribution < 1.29 is 23.8 Å². The standard InChI is InChI=1S/C18H25FN2O4/c1-25-12-2-3-16(13-8-10-21(11-9-13)18(23)24)20-17(22)14-4-6-15(19)7-5-14/h4-7,13,16H,2-3,8-12H2,1H3,(H,20,22)(H,23,24)/t16-/m1/s1. The van der Waals surface area contributed by atoms with Crippen LogP contribution in [0, 0.1) is 11.7 Å². The number of nitrogens with one attached hydrogen (secondary N) is 1. The lowest BCUT2D eigenvalue weighted by molar-refractivity contribution is 0.0863. The first kappa shape index (κ1) is 19.2. The molecule has 0 radical (unpaired) electrons. The van der Waals surface area contributed by atoms with Crippen LogP contribution >= 0.6 is 0 Å². The summed E-state index contributed by atoms with van der Waals surface area (Å²) in [5, 5.41) is 12.1. The normalized spacial score (nSPS) is 16.5. The maximum absolute atomic E-state index is 13.0. The Kier molecular flexibility index (Phi) is 7.18. The average Bonchev–Trinajstić information content (AvgIpc) is 2.61. The highest BCUT2D eigenvalue weighted by atomic mass is 19.1. The van der Waals surface area contributed by atoms with Crippen molar-refractivity contribution in [3.05, 3.63) is 35.6 Å². The van der Waals surface area contributed by atoms with E-state index in [1.54, 1.807) is 7.11 Å². The first-order chi connectivity index (χ1) is 12.0. The van der Waals surface area contributed by atoms with Crippen LogP contribution in [0.15, 0.2) is 24.3 Å². The molecule has 1 atom stereocenters. The fourth-order valence-electron chi connectivity index (χ4n) is 3.22. The minimum atomic E-state index is -0.898.